The van der Waals surface area contributed by atoms with Crippen LogP contribution in [0.3, 0.4) is 0 Å². The van der Waals surface area contributed by atoms with E-state index in [2.05, 4.69) is 16.5 Å². The van der Waals surface area contributed by atoms with Gasteiger partial charge in [0.15, 0.2) is 5.82 Å². The van der Waals surface area contributed by atoms with Gasteiger partial charge in [-0.25, -0.2) is 13.8 Å². The van der Waals surface area contributed by atoms with Crippen LogP contribution in [-0.4, -0.2) is 56.1 Å². The number of anilines is 1. The van der Waals surface area contributed by atoms with Crippen LogP contribution in [0, 0.1) is 11.6 Å². The first-order valence-corrected chi connectivity index (χ1v) is 14.4. The molecule has 0 unspecified atom stereocenters. The zero-order chi connectivity index (χ0) is 31.2. The van der Waals surface area contributed by atoms with Crippen molar-refractivity contribution in [1.82, 2.24) is 19.4 Å². The number of aromatic nitrogens is 3. The average Bonchev–Trinajstić information content (AvgIpc) is 2.96. The predicted molar refractivity (Wildman–Crippen MR) is 164 cm³/mol. The molecule has 1 saturated heterocycles. The Balaban J connectivity index is 1.86. The Morgan fingerprint density at radius 3 is 2.47 bits per heavy atom. The van der Waals surface area contributed by atoms with Crippen LogP contribution < -0.4 is 10.5 Å². The lowest BCUT2D eigenvalue weighted by Crippen LogP contribution is -2.53. The summed E-state index contributed by atoms with van der Waals surface area (Å²) in [5, 5.41) is 10.9. The van der Waals surface area contributed by atoms with Crippen LogP contribution in [0.1, 0.15) is 57.7 Å². The number of halogens is 2. The van der Waals surface area contributed by atoms with Gasteiger partial charge in [-0.2, -0.15) is 0 Å². The number of rotatable bonds is 6. The molecule has 3 aromatic heterocycles. The minimum Gasteiger partial charge on any atom is -0.507 e. The van der Waals surface area contributed by atoms with Crippen molar-refractivity contribution >= 4 is 22.6 Å². The van der Waals surface area contributed by atoms with Crippen molar-refractivity contribution in [1.29, 1.82) is 0 Å². The van der Waals surface area contributed by atoms with Gasteiger partial charge in [0.1, 0.15) is 22.9 Å². The molecule has 5 rings (SSSR count). The molecule has 4 aromatic rings. The topological polar surface area (TPSA) is 91.6 Å². The number of fused-ring (bicyclic) bond motifs is 1. The Bertz CT molecular complexity index is 1750. The minimum atomic E-state index is -0.855. The second-order valence-electron chi connectivity index (χ2n) is 11.5. The highest BCUT2D eigenvalue weighted by atomic mass is 19.1. The number of aromatic hydroxyl groups is 1. The molecule has 224 valence electrons. The molecule has 0 saturated carbocycles. The molecular weight excluding hydrogens is 552 g/mol. The first kappa shape index (κ1) is 29.9. The fourth-order valence-electron chi connectivity index (χ4n) is 5.84. The van der Waals surface area contributed by atoms with Crippen LogP contribution in [0.25, 0.3) is 28.0 Å². The van der Waals surface area contributed by atoms with E-state index >= 15 is 8.78 Å². The maximum atomic E-state index is 16.0. The van der Waals surface area contributed by atoms with Crippen LogP contribution in [0.2, 0.25) is 0 Å². The van der Waals surface area contributed by atoms with Gasteiger partial charge in [-0.15, -0.1) is 0 Å². The van der Waals surface area contributed by atoms with E-state index in [0.717, 1.165) is 11.6 Å². The van der Waals surface area contributed by atoms with Gasteiger partial charge in [0, 0.05) is 43.3 Å². The number of amides is 1. The lowest BCUT2D eigenvalue weighted by atomic mass is 9.96. The highest BCUT2D eigenvalue weighted by Crippen LogP contribution is 2.38. The highest BCUT2D eigenvalue weighted by Gasteiger charge is 2.30. The number of benzene rings is 1. The molecule has 10 heteroatoms. The SMILES string of the molecule is C=CC(=O)N1CCN(c2cc(=O)n(-c3c(C(C)C)ccnc3C(C)C)c3nc(-c4c(O)cccc4F)c(F)cc23)[C@@H](C)C1. The molecule has 0 aliphatic carbocycles. The monoisotopic (exact) mass is 587 g/mol. The molecule has 1 N–H and O–H groups in total. The number of carbonyl (C=O) groups excluding carboxylic acids is 1. The van der Waals surface area contributed by atoms with Gasteiger partial charge in [0.25, 0.3) is 5.56 Å². The van der Waals surface area contributed by atoms with E-state index in [9.17, 15) is 14.7 Å². The Hall–Kier alpha value is -4.60. The van der Waals surface area contributed by atoms with Gasteiger partial charge in [-0.1, -0.05) is 40.3 Å². The fraction of sp³-hybridized carbons (Fsp3) is 0.333. The van der Waals surface area contributed by atoms with E-state index < -0.39 is 34.2 Å². The molecule has 1 fully saturated rings. The van der Waals surface area contributed by atoms with E-state index in [-0.39, 0.29) is 29.4 Å². The average molecular weight is 588 g/mol. The van der Waals surface area contributed by atoms with Crippen molar-refractivity contribution in [2.75, 3.05) is 24.5 Å². The zero-order valence-electron chi connectivity index (χ0n) is 24.9. The van der Waals surface area contributed by atoms with Gasteiger partial charge in [-0.3, -0.25) is 19.1 Å². The van der Waals surface area contributed by atoms with Crippen molar-refractivity contribution in [3.05, 3.63) is 88.5 Å². The fourth-order valence-corrected chi connectivity index (χ4v) is 5.84. The summed E-state index contributed by atoms with van der Waals surface area (Å²) in [6, 6.07) is 8.03. The molecule has 1 aliphatic heterocycles. The standard InChI is InChI=1S/C33H35F2N5O3/c1-7-27(42)38-13-14-39(20(6)17-38)25-16-28(43)40(32-21(18(2)3)11-12-36-30(32)19(4)5)33-22(25)15-24(35)31(37-33)29-23(34)9-8-10-26(29)41/h7-12,15-16,18-20,41H,1,13-14,17H2,2-6H3/t20-/m0/s1. The van der Waals surface area contributed by atoms with Crippen molar-refractivity contribution in [3.8, 4) is 22.7 Å². The molecule has 0 spiro atoms. The number of carbonyl (C=O) groups is 1. The Kier molecular flexibility index (Phi) is 8.05. The normalized spacial score (nSPS) is 15.5. The quantitative estimate of drug-likeness (QED) is 0.283. The van der Waals surface area contributed by atoms with Crippen LogP contribution >= 0.6 is 0 Å². The van der Waals surface area contributed by atoms with Gasteiger partial charge >= 0.3 is 0 Å². The lowest BCUT2D eigenvalue weighted by molar-refractivity contribution is -0.126. The van der Waals surface area contributed by atoms with Crippen molar-refractivity contribution < 1.29 is 18.7 Å². The molecule has 1 aromatic carbocycles. The van der Waals surface area contributed by atoms with Crippen molar-refractivity contribution in [2.24, 2.45) is 0 Å². The van der Waals surface area contributed by atoms with Crippen LogP contribution in [0.5, 0.6) is 5.75 Å². The molecule has 8 nitrogen and oxygen atoms in total. The second-order valence-corrected chi connectivity index (χ2v) is 11.5. The maximum Gasteiger partial charge on any atom is 0.258 e. The first-order valence-electron chi connectivity index (χ1n) is 14.4. The van der Waals surface area contributed by atoms with E-state index in [1.165, 1.54) is 34.9 Å². The largest absolute Gasteiger partial charge is 0.507 e. The highest BCUT2D eigenvalue weighted by molar-refractivity contribution is 5.93. The summed E-state index contributed by atoms with van der Waals surface area (Å²) in [6.07, 6.45) is 2.97. The summed E-state index contributed by atoms with van der Waals surface area (Å²) >= 11 is 0. The molecule has 0 bridgehead atoms. The smallest absolute Gasteiger partial charge is 0.258 e. The van der Waals surface area contributed by atoms with Crippen molar-refractivity contribution in [2.45, 2.75) is 52.5 Å². The van der Waals surface area contributed by atoms with Crippen molar-refractivity contribution in [3.63, 3.8) is 0 Å². The summed E-state index contributed by atoms with van der Waals surface area (Å²) < 4.78 is 32.4. The van der Waals surface area contributed by atoms with Gasteiger partial charge < -0.3 is 14.9 Å². The molecule has 4 heterocycles. The first-order chi connectivity index (χ1) is 20.4. The van der Waals surface area contributed by atoms with E-state index in [0.29, 0.717) is 42.1 Å². The summed E-state index contributed by atoms with van der Waals surface area (Å²) in [5.41, 5.74) is 1.39. The summed E-state index contributed by atoms with van der Waals surface area (Å²) in [6.45, 7) is 14.6. The summed E-state index contributed by atoms with van der Waals surface area (Å²) in [5.74, 6) is -2.43. The predicted octanol–water partition coefficient (Wildman–Crippen LogP) is 5.90. The number of phenolic OH excluding ortho intramolecular Hbond substituents is 1. The van der Waals surface area contributed by atoms with E-state index in [1.54, 1.807) is 11.1 Å². The van der Waals surface area contributed by atoms with Gasteiger partial charge in [0.05, 0.1) is 22.6 Å². The molecule has 1 aliphatic rings. The molecule has 43 heavy (non-hydrogen) atoms. The Morgan fingerprint density at radius 1 is 1.09 bits per heavy atom. The summed E-state index contributed by atoms with van der Waals surface area (Å²) in [7, 11) is 0. The molecule has 0 radical (unpaired) electrons. The van der Waals surface area contributed by atoms with Crippen LogP contribution in [-0.2, 0) is 4.79 Å². The number of hydrogen-bond donors (Lipinski definition) is 1. The van der Waals surface area contributed by atoms with E-state index in [4.69, 9.17) is 0 Å². The van der Waals surface area contributed by atoms with Crippen LogP contribution in [0.4, 0.5) is 14.5 Å². The number of phenols is 1. The van der Waals surface area contributed by atoms with Gasteiger partial charge in [0.2, 0.25) is 5.91 Å². The third-order valence-corrected chi connectivity index (χ3v) is 7.95. The van der Waals surface area contributed by atoms with Gasteiger partial charge in [-0.05, 0) is 54.7 Å². The minimum absolute atomic E-state index is 0.00292. The molecular formula is C33H35F2N5O3. The van der Waals surface area contributed by atoms with Crippen LogP contribution in [0.15, 0.2) is 60.0 Å². The second kappa shape index (κ2) is 11.6. The number of hydrogen-bond acceptors (Lipinski definition) is 6. The molecule has 1 atom stereocenters. The maximum absolute atomic E-state index is 16.0. The third-order valence-electron chi connectivity index (χ3n) is 7.95. The number of nitrogens with zero attached hydrogens (tertiary/aromatic N) is 5. The van der Waals surface area contributed by atoms with E-state index in [1.807, 2.05) is 45.6 Å². The summed E-state index contributed by atoms with van der Waals surface area (Å²) in [4.78, 5) is 39.3. The number of piperazine rings is 1. The number of pyridine rings is 3. The molecule has 1 amide bonds. The lowest BCUT2D eigenvalue weighted by Gasteiger charge is -2.41. The Labute approximate surface area is 248 Å². The third kappa shape index (κ3) is 5.26. The Morgan fingerprint density at radius 2 is 1.84 bits per heavy atom. The zero-order valence-corrected chi connectivity index (χ0v) is 24.9.